The summed E-state index contributed by atoms with van der Waals surface area (Å²) in [6.45, 7) is 2.62. The Balaban J connectivity index is 2.39. The van der Waals surface area contributed by atoms with Gasteiger partial charge in [-0.05, 0) is 13.0 Å². The normalized spacial score (nSPS) is 10.3. The van der Waals surface area contributed by atoms with Crippen LogP contribution in [-0.4, -0.2) is 20.3 Å². The molecule has 16 heavy (non-hydrogen) atoms. The van der Waals surface area contributed by atoms with Crippen LogP contribution in [0.3, 0.4) is 0 Å². The van der Waals surface area contributed by atoms with Gasteiger partial charge < -0.3 is 9.55 Å². The first-order chi connectivity index (χ1) is 7.72. The van der Waals surface area contributed by atoms with Crippen LogP contribution in [0.5, 0.6) is 0 Å². The number of aromatic amines is 1. The molecule has 0 bridgehead atoms. The van der Waals surface area contributed by atoms with Gasteiger partial charge in [0.2, 0.25) is 11.3 Å². The topological polar surface area (TPSA) is 67.8 Å². The summed E-state index contributed by atoms with van der Waals surface area (Å²) in [7, 11) is 0. The molecule has 0 fully saturated rings. The third-order valence-corrected chi connectivity index (χ3v) is 2.31. The van der Waals surface area contributed by atoms with E-state index in [4.69, 9.17) is 0 Å². The largest absolute Gasteiger partial charge is 0.328 e. The van der Waals surface area contributed by atoms with Crippen molar-refractivity contribution in [2.75, 3.05) is 0 Å². The van der Waals surface area contributed by atoms with E-state index in [1.54, 1.807) is 17.0 Å². The maximum atomic E-state index is 12.0. The van der Waals surface area contributed by atoms with Gasteiger partial charge in [0.05, 0.1) is 0 Å². The van der Waals surface area contributed by atoms with Gasteiger partial charge in [0, 0.05) is 36.8 Å². The summed E-state index contributed by atoms with van der Waals surface area (Å²) < 4.78 is 1.76. The summed E-state index contributed by atoms with van der Waals surface area (Å²) in [5.41, 5.74) is 0.205. The van der Waals surface area contributed by atoms with E-state index in [0.29, 0.717) is 17.9 Å². The van der Waals surface area contributed by atoms with Crippen LogP contribution in [0.1, 0.15) is 23.1 Å². The Morgan fingerprint density at radius 2 is 2.31 bits per heavy atom. The Bertz CT molecular complexity index is 548. The summed E-state index contributed by atoms with van der Waals surface area (Å²) in [6.07, 6.45) is 4.74. The monoisotopic (exact) mass is 217 g/mol. The lowest BCUT2D eigenvalue weighted by molar-refractivity contribution is 0.102. The second-order valence-corrected chi connectivity index (χ2v) is 3.31. The molecular formula is C11H11N3O2. The Hall–Kier alpha value is -2.17. The molecule has 0 amide bonds. The first-order valence-corrected chi connectivity index (χ1v) is 4.97. The van der Waals surface area contributed by atoms with E-state index >= 15 is 0 Å². The molecule has 0 radical (unpaired) electrons. The molecule has 0 spiro atoms. The van der Waals surface area contributed by atoms with Crippen LogP contribution in [0, 0.1) is 0 Å². The molecule has 5 nitrogen and oxygen atoms in total. The van der Waals surface area contributed by atoms with Crippen LogP contribution in [0.4, 0.5) is 0 Å². The Morgan fingerprint density at radius 1 is 1.50 bits per heavy atom. The number of hydrogen-bond acceptors (Lipinski definition) is 3. The molecule has 0 aliphatic rings. The van der Waals surface area contributed by atoms with Crippen molar-refractivity contribution in [3.8, 4) is 0 Å². The summed E-state index contributed by atoms with van der Waals surface area (Å²) >= 11 is 0. The zero-order valence-corrected chi connectivity index (χ0v) is 8.80. The number of rotatable bonds is 3. The molecule has 0 aliphatic heterocycles. The van der Waals surface area contributed by atoms with Gasteiger partial charge in [-0.2, -0.15) is 0 Å². The molecule has 0 saturated carbocycles. The highest BCUT2D eigenvalue weighted by Crippen LogP contribution is 2.05. The minimum absolute atomic E-state index is 0.192. The summed E-state index contributed by atoms with van der Waals surface area (Å²) in [4.78, 5) is 29.3. The van der Waals surface area contributed by atoms with Crippen molar-refractivity contribution in [3.63, 3.8) is 0 Å². The maximum Gasteiger partial charge on any atom is 0.247 e. The minimum Gasteiger partial charge on any atom is -0.328 e. The molecular weight excluding hydrogens is 206 g/mol. The Morgan fingerprint density at radius 3 is 2.94 bits per heavy atom. The van der Waals surface area contributed by atoms with Crippen molar-refractivity contribution < 1.29 is 4.79 Å². The number of carbonyl (C=O) groups excluding carboxylic acids is 1. The second-order valence-electron chi connectivity index (χ2n) is 3.31. The highest BCUT2D eigenvalue weighted by Gasteiger charge is 2.14. The van der Waals surface area contributed by atoms with Gasteiger partial charge in [0.25, 0.3) is 0 Å². The van der Waals surface area contributed by atoms with Crippen molar-refractivity contribution in [1.82, 2.24) is 14.5 Å². The molecule has 0 aliphatic carbocycles. The fourth-order valence-corrected chi connectivity index (χ4v) is 1.45. The SMILES string of the molecule is CCn1ccnc1C(=O)c1ccc(=O)[nH]c1. The average Bonchev–Trinajstić information content (AvgIpc) is 2.77. The predicted molar refractivity (Wildman–Crippen MR) is 58.4 cm³/mol. The van der Waals surface area contributed by atoms with E-state index in [1.807, 2.05) is 6.92 Å². The minimum atomic E-state index is -0.226. The third-order valence-electron chi connectivity index (χ3n) is 2.31. The number of nitrogens with zero attached hydrogens (tertiary/aromatic N) is 2. The van der Waals surface area contributed by atoms with Crippen molar-refractivity contribution >= 4 is 5.78 Å². The van der Waals surface area contributed by atoms with E-state index in [9.17, 15) is 9.59 Å². The number of ketones is 1. The van der Waals surface area contributed by atoms with Crippen LogP contribution in [0.15, 0.2) is 35.5 Å². The molecule has 2 aromatic rings. The van der Waals surface area contributed by atoms with Gasteiger partial charge in [-0.15, -0.1) is 0 Å². The third kappa shape index (κ3) is 1.79. The van der Waals surface area contributed by atoms with Gasteiger partial charge in [-0.3, -0.25) is 9.59 Å². The number of H-pyrrole nitrogens is 1. The highest BCUT2D eigenvalue weighted by molar-refractivity contribution is 6.06. The lowest BCUT2D eigenvalue weighted by Crippen LogP contribution is -2.12. The van der Waals surface area contributed by atoms with Gasteiger partial charge >= 0.3 is 0 Å². The number of carbonyl (C=O) groups is 1. The van der Waals surface area contributed by atoms with Gasteiger partial charge in [-0.25, -0.2) is 4.98 Å². The number of aryl methyl sites for hydroxylation is 1. The van der Waals surface area contributed by atoms with Crippen LogP contribution < -0.4 is 5.56 Å². The molecule has 1 N–H and O–H groups in total. The maximum absolute atomic E-state index is 12.0. The summed E-state index contributed by atoms with van der Waals surface area (Å²) in [5, 5.41) is 0. The fraction of sp³-hybridized carbons (Fsp3) is 0.182. The molecule has 82 valence electrons. The number of nitrogens with one attached hydrogen (secondary N) is 1. The average molecular weight is 217 g/mol. The standard InChI is InChI=1S/C11H11N3O2/c1-2-14-6-5-12-11(14)10(16)8-3-4-9(15)13-7-8/h3-7H,2H2,1H3,(H,13,15). The first kappa shape index (κ1) is 10.4. The van der Waals surface area contributed by atoms with Crippen molar-refractivity contribution in [3.05, 3.63) is 52.5 Å². The lowest BCUT2D eigenvalue weighted by atomic mass is 10.2. The van der Waals surface area contributed by atoms with Crippen LogP contribution in [0.25, 0.3) is 0 Å². The Kier molecular flexibility index (Phi) is 2.68. The van der Waals surface area contributed by atoms with Crippen LogP contribution in [0.2, 0.25) is 0 Å². The van der Waals surface area contributed by atoms with Crippen molar-refractivity contribution in [1.29, 1.82) is 0 Å². The summed E-state index contributed by atoms with van der Waals surface area (Å²) in [6, 6.07) is 2.82. The van der Waals surface area contributed by atoms with E-state index in [-0.39, 0.29) is 11.3 Å². The number of pyridine rings is 1. The zero-order valence-electron chi connectivity index (χ0n) is 8.80. The first-order valence-electron chi connectivity index (χ1n) is 4.97. The van der Waals surface area contributed by atoms with Gasteiger partial charge in [-0.1, -0.05) is 0 Å². The number of hydrogen-bond donors (Lipinski definition) is 1. The van der Waals surface area contributed by atoms with Gasteiger partial charge in [0.15, 0.2) is 5.82 Å². The quantitative estimate of drug-likeness (QED) is 0.774. The van der Waals surface area contributed by atoms with E-state index in [2.05, 4.69) is 9.97 Å². The molecule has 0 saturated heterocycles. The Labute approximate surface area is 91.8 Å². The lowest BCUT2D eigenvalue weighted by Gasteiger charge is -2.02. The molecule has 0 atom stereocenters. The fourth-order valence-electron chi connectivity index (χ4n) is 1.45. The summed E-state index contributed by atoms with van der Waals surface area (Å²) in [5.74, 6) is 0.192. The highest BCUT2D eigenvalue weighted by atomic mass is 16.1. The molecule has 0 aromatic carbocycles. The molecule has 2 aromatic heterocycles. The van der Waals surface area contributed by atoms with E-state index in [1.165, 1.54) is 18.3 Å². The van der Waals surface area contributed by atoms with Crippen LogP contribution in [-0.2, 0) is 6.54 Å². The van der Waals surface area contributed by atoms with E-state index < -0.39 is 0 Å². The molecule has 2 rings (SSSR count). The molecule has 0 unspecified atom stereocenters. The molecule has 2 heterocycles. The van der Waals surface area contributed by atoms with E-state index in [0.717, 1.165) is 0 Å². The number of imidazole rings is 1. The molecule has 5 heteroatoms. The van der Waals surface area contributed by atoms with Crippen molar-refractivity contribution in [2.45, 2.75) is 13.5 Å². The smallest absolute Gasteiger partial charge is 0.247 e. The second kappa shape index (κ2) is 4.14. The van der Waals surface area contributed by atoms with Gasteiger partial charge in [0.1, 0.15) is 0 Å². The zero-order chi connectivity index (χ0) is 11.5. The number of aromatic nitrogens is 3. The van der Waals surface area contributed by atoms with Crippen LogP contribution >= 0.6 is 0 Å². The van der Waals surface area contributed by atoms with Crippen molar-refractivity contribution in [2.24, 2.45) is 0 Å². The predicted octanol–water partition coefficient (Wildman–Crippen LogP) is 0.822.